The van der Waals surface area contributed by atoms with Crippen molar-refractivity contribution in [2.45, 2.75) is 6.42 Å². The first-order valence-corrected chi connectivity index (χ1v) is 7.00. The Morgan fingerprint density at radius 1 is 1.18 bits per heavy atom. The minimum Gasteiger partial charge on any atom is -0.497 e. The second-order valence-electron chi connectivity index (χ2n) is 4.62. The lowest BCUT2D eigenvalue weighted by Crippen LogP contribution is -2.25. The number of hydrogen-bond acceptors (Lipinski definition) is 3. The van der Waals surface area contributed by atoms with Crippen molar-refractivity contribution in [1.29, 1.82) is 0 Å². The van der Waals surface area contributed by atoms with E-state index in [4.69, 9.17) is 9.47 Å². The molecule has 0 bridgehead atoms. The first kappa shape index (κ1) is 15.8. The lowest BCUT2D eigenvalue weighted by molar-refractivity contribution is 0.0951. The van der Waals surface area contributed by atoms with Crippen LogP contribution in [0.4, 0.5) is 4.39 Å². The third kappa shape index (κ3) is 4.48. The summed E-state index contributed by atoms with van der Waals surface area (Å²) in [7, 11) is 1.55. The van der Waals surface area contributed by atoms with Gasteiger partial charge in [-0.15, -0.1) is 0 Å². The van der Waals surface area contributed by atoms with E-state index in [0.717, 1.165) is 0 Å². The zero-order valence-corrected chi connectivity index (χ0v) is 12.3. The molecule has 0 fully saturated rings. The molecule has 0 aliphatic carbocycles. The highest BCUT2D eigenvalue weighted by Gasteiger charge is 2.06. The van der Waals surface area contributed by atoms with Gasteiger partial charge in [0.2, 0.25) is 0 Å². The molecule has 0 aliphatic rings. The summed E-state index contributed by atoms with van der Waals surface area (Å²) in [5.74, 6) is 0.296. The molecule has 5 heteroatoms. The number of nitrogens with one attached hydrogen (secondary N) is 1. The Labute approximate surface area is 128 Å². The van der Waals surface area contributed by atoms with E-state index in [1.165, 1.54) is 6.07 Å². The molecule has 0 saturated carbocycles. The van der Waals surface area contributed by atoms with Crippen molar-refractivity contribution in [3.63, 3.8) is 0 Å². The summed E-state index contributed by atoms with van der Waals surface area (Å²) in [5.41, 5.74) is 0.536. The largest absolute Gasteiger partial charge is 0.497 e. The first-order chi connectivity index (χ1) is 10.7. The lowest BCUT2D eigenvalue weighted by atomic mass is 10.2. The highest BCUT2D eigenvalue weighted by Crippen LogP contribution is 2.15. The summed E-state index contributed by atoms with van der Waals surface area (Å²) in [6.07, 6.45) is 0.587. The Hall–Kier alpha value is -2.56. The number of amides is 1. The summed E-state index contributed by atoms with van der Waals surface area (Å²) >= 11 is 0. The first-order valence-electron chi connectivity index (χ1n) is 7.00. The van der Waals surface area contributed by atoms with Gasteiger partial charge in [-0.1, -0.05) is 18.2 Å². The summed E-state index contributed by atoms with van der Waals surface area (Å²) in [4.78, 5) is 11.9. The lowest BCUT2D eigenvalue weighted by Gasteiger charge is -2.08. The van der Waals surface area contributed by atoms with E-state index in [1.807, 2.05) is 0 Å². The van der Waals surface area contributed by atoms with Gasteiger partial charge < -0.3 is 14.8 Å². The van der Waals surface area contributed by atoms with E-state index in [1.54, 1.807) is 49.6 Å². The number of carbonyl (C=O) groups excluding carboxylic acids is 1. The molecule has 0 spiro atoms. The van der Waals surface area contributed by atoms with Gasteiger partial charge in [0.05, 0.1) is 13.7 Å². The van der Waals surface area contributed by atoms with Gasteiger partial charge in [-0.3, -0.25) is 4.79 Å². The number of rotatable bonds is 7. The maximum Gasteiger partial charge on any atom is 0.251 e. The number of benzene rings is 2. The quantitative estimate of drug-likeness (QED) is 0.800. The molecule has 4 nitrogen and oxygen atoms in total. The van der Waals surface area contributed by atoms with E-state index in [2.05, 4.69) is 5.32 Å². The topological polar surface area (TPSA) is 47.6 Å². The molecule has 116 valence electrons. The zero-order chi connectivity index (χ0) is 15.8. The van der Waals surface area contributed by atoms with E-state index >= 15 is 0 Å². The Bertz CT molecular complexity index is 631. The van der Waals surface area contributed by atoms with Crippen LogP contribution in [-0.4, -0.2) is 26.2 Å². The Morgan fingerprint density at radius 3 is 2.77 bits per heavy atom. The summed E-state index contributed by atoms with van der Waals surface area (Å²) in [6, 6.07) is 13.2. The van der Waals surface area contributed by atoms with Crippen LogP contribution in [-0.2, 0) is 0 Å². The van der Waals surface area contributed by atoms with Gasteiger partial charge in [-0.25, -0.2) is 4.39 Å². The van der Waals surface area contributed by atoms with Crippen molar-refractivity contribution in [1.82, 2.24) is 5.32 Å². The summed E-state index contributed by atoms with van der Waals surface area (Å²) in [5, 5.41) is 2.78. The SMILES string of the molecule is COc1cccc(C(=O)NCCCOc2ccccc2F)c1. The summed E-state index contributed by atoms with van der Waals surface area (Å²) < 4.78 is 23.7. The van der Waals surface area contributed by atoms with E-state index in [9.17, 15) is 9.18 Å². The number of para-hydroxylation sites is 1. The van der Waals surface area contributed by atoms with Crippen LogP contribution in [0.1, 0.15) is 16.8 Å². The molecular formula is C17H18FNO3. The molecule has 0 saturated heterocycles. The number of halogens is 1. The van der Waals surface area contributed by atoms with E-state index in [0.29, 0.717) is 30.9 Å². The van der Waals surface area contributed by atoms with Crippen molar-refractivity contribution in [2.75, 3.05) is 20.3 Å². The number of carbonyl (C=O) groups is 1. The van der Waals surface area contributed by atoms with Crippen LogP contribution in [0.5, 0.6) is 11.5 Å². The smallest absolute Gasteiger partial charge is 0.251 e. The molecule has 1 N–H and O–H groups in total. The van der Waals surface area contributed by atoms with Crippen LogP contribution < -0.4 is 14.8 Å². The second kappa shape index (κ2) is 8.02. The fourth-order valence-corrected chi connectivity index (χ4v) is 1.88. The van der Waals surface area contributed by atoms with Crippen LogP contribution >= 0.6 is 0 Å². The molecule has 0 unspecified atom stereocenters. The van der Waals surface area contributed by atoms with Crippen molar-refractivity contribution in [3.8, 4) is 11.5 Å². The molecule has 2 rings (SSSR count). The standard InChI is InChI=1S/C17H18FNO3/c1-21-14-7-4-6-13(12-14)17(20)19-10-5-11-22-16-9-3-2-8-15(16)18/h2-4,6-9,12H,5,10-11H2,1H3,(H,19,20). The highest BCUT2D eigenvalue weighted by molar-refractivity contribution is 5.94. The minimum atomic E-state index is -0.386. The van der Waals surface area contributed by atoms with Crippen molar-refractivity contribution < 1.29 is 18.7 Å². The van der Waals surface area contributed by atoms with Gasteiger partial charge in [0.25, 0.3) is 5.91 Å². The molecule has 0 aliphatic heterocycles. The molecule has 0 aromatic heterocycles. The van der Waals surface area contributed by atoms with Crippen molar-refractivity contribution in [3.05, 3.63) is 59.9 Å². The third-order valence-electron chi connectivity index (χ3n) is 3.03. The van der Waals surface area contributed by atoms with Crippen LogP contribution in [0.25, 0.3) is 0 Å². The number of ether oxygens (including phenoxy) is 2. The molecule has 2 aromatic carbocycles. The fraction of sp³-hybridized carbons (Fsp3) is 0.235. The molecule has 1 amide bonds. The van der Waals surface area contributed by atoms with Gasteiger partial charge in [0, 0.05) is 12.1 Å². The average molecular weight is 303 g/mol. The number of hydrogen-bond donors (Lipinski definition) is 1. The van der Waals surface area contributed by atoms with Crippen molar-refractivity contribution >= 4 is 5.91 Å². The predicted octanol–water partition coefficient (Wildman–Crippen LogP) is 3.03. The van der Waals surface area contributed by atoms with Gasteiger partial charge in [0.1, 0.15) is 5.75 Å². The Balaban J connectivity index is 1.72. The Morgan fingerprint density at radius 2 is 2.00 bits per heavy atom. The molecule has 2 aromatic rings. The molecular weight excluding hydrogens is 285 g/mol. The van der Waals surface area contributed by atoms with Gasteiger partial charge in [-0.2, -0.15) is 0 Å². The minimum absolute atomic E-state index is 0.176. The molecule has 0 radical (unpaired) electrons. The normalized spacial score (nSPS) is 10.1. The van der Waals surface area contributed by atoms with E-state index in [-0.39, 0.29) is 17.5 Å². The average Bonchev–Trinajstić information content (AvgIpc) is 2.56. The summed E-state index contributed by atoms with van der Waals surface area (Å²) in [6.45, 7) is 0.782. The monoisotopic (exact) mass is 303 g/mol. The zero-order valence-electron chi connectivity index (χ0n) is 12.3. The third-order valence-corrected chi connectivity index (χ3v) is 3.03. The fourth-order valence-electron chi connectivity index (χ4n) is 1.88. The maximum absolute atomic E-state index is 13.3. The van der Waals surface area contributed by atoms with Crippen LogP contribution in [0, 0.1) is 5.82 Å². The van der Waals surface area contributed by atoms with Crippen LogP contribution in [0.3, 0.4) is 0 Å². The van der Waals surface area contributed by atoms with Gasteiger partial charge in [0.15, 0.2) is 11.6 Å². The Kier molecular flexibility index (Phi) is 5.77. The predicted molar refractivity (Wildman–Crippen MR) is 81.8 cm³/mol. The molecule has 0 heterocycles. The van der Waals surface area contributed by atoms with Gasteiger partial charge >= 0.3 is 0 Å². The van der Waals surface area contributed by atoms with Crippen LogP contribution in [0.15, 0.2) is 48.5 Å². The number of methoxy groups -OCH3 is 1. The second-order valence-corrected chi connectivity index (χ2v) is 4.62. The van der Waals surface area contributed by atoms with E-state index < -0.39 is 0 Å². The van der Waals surface area contributed by atoms with Gasteiger partial charge in [-0.05, 0) is 36.8 Å². The molecule has 22 heavy (non-hydrogen) atoms. The van der Waals surface area contributed by atoms with Crippen LogP contribution in [0.2, 0.25) is 0 Å². The maximum atomic E-state index is 13.3. The molecule has 0 atom stereocenters. The highest BCUT2D eigenvalue weighted by atomic mass is 19.1. The van der Waals surface area contributed by atoms with Crippen molar-refractivity contribution in [2.24, 2.45) is 0 Å².